The Morgan fingerprint density at radius 1 is 1.08 bits per heavy atom. The first-order valence-corrected chi connectivity index (χ1v) is 13.7. The minimum atomic E-state index is -0.0813. The van der Waals surface area contributed by atoms with Crippen molar-refractivity contribution in [2.24, 2.45) is 0 Å². The zero-order chi connectivity index (χ0) is 26.9. The van der Waals surface area contributed by atoms with Crippen molar-refractivity contribution in [2.75, 3.05) is 33.9 Å². The van der Waals surface area contributed by atoms with Crippen LogP contribution in [0.2, 0.25) is 0 Å². The Balaban J connectivity index is 1.43. The van der Waals surface area contributed by atoms with Crippen molar-refractivity contribution in [2.45, 2.75) is 64.5 Å². The predicted octanol–water partition coefficient (Wildman–Crippen LogP) is 4.55. The van der Waals surface area contributed by atoms with E-state index in [9.17, 15) is 4.79 Å². The number of likely N-dealkylation sites (tertiary alicyclic amines) is 1. The summed E-state index contributed by atoms with van der Waals surface area (Å²) in [6.45, 7) is 7.26. The summed E-state index contributed by atoms with van der Waals surface area (Å²) in [4.78, 5) is 17.2. The molecule has 4 rings (SSSR count). The maximum atomic E-state index is 13.2. The molecule has 1 N–H and O–H groups in total. The number of piperidine rings is 1. The molecule has 2 atom stereocenters. The molecule has 1 aromatic heterocycles. The van der Waals surface area contributed by atoms with Gasteiger partial charge in [-0.15, -0.1) is 10.2 Å². The van der Waals surface area contributed by atoms with Crippen LogP contribution in [-0.2, 0) is 6.54 Å². The maximum absolute atomic E-state index is 13.2. The van der Waals surface area contributed by atoms with Crippen LogP contribution < -0.4 is 14.8 Å². The van der Waals surface area contributed by atoms with Crippen LogP contribution in [0.4, 0.5) is 0 Å². The average molecular weight is 521 g/mol. The van der Waals surface area contributed by atoms with Crippen molar-refractivity contribution in [3.05, 3.63) is 53.6 Å². The molecule has 2 unspecified atom stereocenters. The van der Waals surface area contributed by atoms with Crippen LogP contribution in [0.5, 0.6) is 11.5 Å². The number of tetrazole rings is 1. The molecule has 0 radical (unpaired) electrons. The Labute approximate surface area is 225 Å². The zero-order valence-corrected chi connectivity index (χ0v) is 23.0. The minimum Gasteiger partial charge on any atom is -0.493 e. The summed E-state index contributed by atoms with van der Waals surface area (Å²) in [5.41, 5.74) is 2.59. The van der Waals surface area contributed by atoms with E-state index in [1.165, 1.54) is 19.3 Å². The number of nitrogens with zero attached hydrogens (tertiary/aromatic N) is 5. The number of rotatable bonds is 12. The summed E-state index contributed by atoms with van der Waals surface area (Å²) in [7, 11) is 3.76. The SMILES string of the molecule is CCCCCCn1nnc(-c2ccc(C(=O)NC3CCN(C)CC3c3ccc(OC)c(OCC)c3)cc2)n1. The Morgan fingerprint density at radius 3 is 2.63 bits per heavy atom. The molecule has 204 valence electrons. The number of amides is 1. The van der Waals surface area contributed by atoms with Gasteiger partial charge >= 0.3 is 0 Å². The van der Waals surface area contributed by atoms with Gasteiger partial charge in [-0.2, -0.15) is 4.80 Å². The number of likely N-dealkylation sites (N-methyl/N-ethyl adjacent to an activating group) is 1. The number of nitrogens with one attached hydrogen (secondary N) is 1. The third-order valence-electron chi connectivity index (χ3n) is 7.12. The largest absolute Gasteiger partial charge is 0.493 e. The number of carbonyl (C=O) groups excluding carboxylic acids is 1. The minimum absolute atomic E-state index is 0.00974. The molecule has 1 aliphatic heterocycles. The number of carbonyl (C=O) groups is 1. The van der Waals surface area contributed by atoms with E-state index >= 15 is 0 Å². The summed E-state index contributed by atoms with van der Waals surface area (Å²) in [5, 5.41) is 16.2. The van der Waals surface area contributed by atoms with Crippen LogP contribution in [0.3, 0.4) is 0 Å². The number of methoxy groups -OCH3 is 1. The van der Waals surface area contributed by atoms with Gasteiger partial charge in [-0.3, -0.25) is 4.79 Å². The van der Waals surface area contributed by atoms with Crippen LogP contribution >= 0.6 is 0 Å². The fourth-order valence-corrected chi connectivity index (χ4v) is 4.97. The van der Waals surface area contributed by atoms with Gasteiger partial charge < -0.3 is 19.7 Å². The van der Waals surface area contributed by atoms with Crippen molar-refractivity contribution in [3.63, 3.8) is 0 Å². The second-order valence-electron chi connectivity index (χ2n) is 9.93. The molecule has 1 amide bonds. The fraction of sp³-hybridized carbons (Fsp3) is 0.517. The third-order valence-corrected chi connectivity index (χ3v) is 7.12. The lowest BCUT2D eigenvalue weighted by Crippen LogP contribution is -2.48. The highest BCUT2D eigenvalue weighted by Crippen LogP contribution is 2.34. The highest BCUT2D eigenvalue weighted by molar-refractivity contribution is 5.94. The summed E-state index contributed by atoms with van der Waals surface area (Å²) in [6, 6.07) is 13.5. The van der Waals surface area contributed by atoms with Crippen molar-refractivity contribution in [1.29, 1.82) is 0 Å². The van der Waals surface area contributed by atoms with Crippen LogP contribution in [0.25, 0.3) is 11.4 Å². The van der Waals surface area contributed by atoms with E-state index in [0.717, 1.165) is 49.4 Å². The number of hydrogen-bond donors (Lipinski definition) is 1. The molecular formula is C29H40N6O3. The van der Waals surface area contributed by atoms with E-state index in [4.69, 9.17) is 9.47 Å². The number of ether oxygens (including phenoxy) is 2. The van der Waals surface area contributed by atoms with Gasteiger partial charge in [0.15, 0.2) is 11.5 Å². The summed E-state index contributed by atoms with van der Waals surface area (Å²) < 4.78 is 11.3. The summed E-state index contributed by atoms with van der Waals surface area (Å²) in [6.07, 6.45) is 5.50. The Hall–Kier alpha value is -3.46. The Morgan fingerprint density at radius 2 is 1.89 bits per heavy atom. The summed E-state index contributed by atoms with van der Waals surface area (Å²) in [5.74, 6) is 2.08. The van der Waals surface area contributed by atoms with Crippen molar-refractivity contribution in [3.8, 4) is 22.9 Å². The molecule has 9 nitrogen and oxygen atoms in total. The van der Waals surface area contributed by atoms with E-state index in [-0.39, 0.29) is 17.9 Å². The van der Waals surface area contributed by atoms with Crippen molar-refractivity contribution in [1.82, 2.24) is 30.4 Å². The van der Waals surface area contributed by atoms with Gasteiger partial charge in [0.2, 0.25) is 5.82 Å². The number of aromatic nitrogens is 4. The molecule has 9 heteroatoms. The lowest BCUT2D eigenvalue weighted by atomic mass is 9.85. The second kappa shape index (κ2) is 13.4. The maximum Gasteiger partial charge on any atom is 0.251 e. The standard InChI is InChI=1S/C29H40N6O3/c1-5-7-8-9-17-35-32-28(31-33-35)21-10-12-22(13-11-21)29(36)30-25-16-18-34(3)20-24(25)23-14-15-26(37-4)27(19-23)38-6-2/h10-15,19,24-25H,5-9,16-18,20H2,1-4H3,(H,30,36). The van der Waals surface area contributed by atoms with Crippen molar-refractivity contribution < 1.29 is 14.3 Å². The molecule has 0 spiro atoms. The number of benzene rings is 2. The van der Waals surface area contributed by atoms with E-state index in [1.54, 1.807) is 11.9 Å². The van der Waals surface area contributed by atoms with E-state index in [1.807, 2.05) is 43.3 Å². The highest BCUT2D eigenvalue weighted by atomic mass is 16.5. The lowest BCUT2D eigenvalue weighted by Gasteiger charge is -2.37. The normalized spacial score (nSPS) is 17.8. The van der Waals surface area contributed by atoms with Crippen LogP contribution in [0.1, 0.15) is 67.8 Å². The first kappa shape index (κ1) is 27.6. The molecule has 0 aliphatic carbocycles. The van der Waals surface area contributed by atoms with Gasteiger partial charge in [0.1, 0.15) is 0 Å². The van der Waals surface area contributed by atoms with Crippen LogP contribution in [0, 0.1) is 0 Å². The molecule has 1 aliphatic rings. The quantitative estimate of drug-likeness (QED) is 0.350. The molecule has 38 heavy (non-hydrogen) atoms. The van der Waals surface area contributed by atoms with Gasteiger partial charge in [-0.25, -0.2) is 0 Å². The third kappa shape index (κ3) is 6.89. The van der Waals surface area contributed by atoms with Crippen LogP contribution in [0.15, 0.2) is 42.5 Å². The average Bonchev–Trinajstić information content (AvgIpc) is 3.41. The Bertz CT molecular complexity index is 1180. The summed E-state index contributed by atoms with van der Waals surface area (Å²) >= 11 is 0. The highest BCUT2D eigenvalue weighted by Gasteiger charge is 2.31. The molecule has 1 fully saturated rings. The van der Waals surface area contributed by atoms with Gasteiger partial charge in [0.25, 0.3) is 5.91 Å². The number of hydrogen-bond acceptors (Lipinski definition) is 7. The van der Waals surface area contributed by atoms with Gasteiger partial charge in [0, 0.05) is 29.6 Å². The molecule has 2 aromatic carbocycles. The van der Waals surface area contributed by atoms with Crippen LogP contribution in [-0.4, -0.2) is 70.9 Å². The van der Waals surface area contributed by atoms with Gasteiger partial charge in [0.05, 0.1) is 20.3 Å². The van der Waals surface area contributed by atoms with Crippen molar-refractivity contribution >= 4 is 5.91 Å². The van der Waals surface area contributed by atoms with Gasteiger partial charge in [-0.1, -0.05) is 44.4 Å². The lowest BCUT2D eigenvalue weighted by molar-refractivity contribution is 0.0904. The molecular weight excluding hydrogens is 480 g/mol. The van der Waals surface area contributed by atoms with Gasteiger partial charge in [-0.05, 0) is 68.4 Å². The first-order chi connectivity index (χ1) is 18.5. The van der Waals surface area contributed by atoms with E-state index in [0.29, 0.717) is 23.7 Å². The first-order valence-electron chi connectivity index (χ1n) is 13.7. The zero-order valence-electron chi connectivity index (χ0n) is 23.0. The predicted molar refractivity (Wildman–Crippen MR) is 148 cm³/mol. The molecule has 3 aromatic rings. The molecule has 2 heterocycles. The number of unbranched alkanes of at least 4 members (excludes halogenated alkanes) is 3. The number of aryl methyl sites for hydroxylation is 1. The molecule has 1 saturated heterocycles. The Kier molecular flexibility index (Phi) is 9.70. The molecule has 0 saturated carbocycles. The van der Waals surface area contributed by atoms with E-state index < -0.39 is 0 Å². The smallest absolute Gasteiger partial charge is 0.251 e. The fourth-order valence-electron chi connectivity index (χ4n) is 4.97. The topological polar surface area (TPSA) is 94.4 Å². The molecule has 0 bridgehead atoms. The monoisotopic (exact) mass is 520 g/mol. The second-order valence-corrected chi connectivity index (χ2v) is 9.93. The van der Waals surface area contributed by atoms with E-state index in [2.05, 4.69) is 45.7 Å².